The summed E-state index contributed by atoms with van der Waals surface area (Å²) < 4.78 is 16.7. The minimum atomic E-state index is -0.803. The second-order valence-electron chi connectivity index (χ2n) is 16.3. The highest BCUT2D eigenvalue weighted by atomic mass is 16.6. The normalized spacial score (nSPS) is 12.8. The van der Waals surface area contributed by atoms with Gasteiger partial charge in [-0.2, -0.15) is 0 Å². The molecule has 0 saturated heterocycles. The Hall–Kier alpha value is -3.41. The molecule has 0 saturated carbocycles. The molecule has 6 heteroatoms. The Balaban J connectivity index is 4.48. The van der Waals surface area contributed by atoms with Crippen LogP contribution >= 0.6 is 0 Å². The van der Waals surface area contributed by atoms with Crippen molar-refractivity contribution in [3.8, 4) is 0 Å². The topological polar surface area (TPSA) is 78.9 Å². The molecular weight excluding hydrogens is 757 g/mol. The van der Waals surface area contributed by atoms with Crippen LogP contribution in [-0.4, -0.2) is 37.2 Å². The van der Waals surface area contributed by atoms with Crippen molar-refractivity contribution < 1.29 is 28.6 Å². The van der Waals surface area contributed by atoms with Crippen LogP contribution < -0.4 is 0 Å². The average molecular weight is 849 g/mol. The highest BCUT2D eigenvalue weighted by Gasteiger charge is 2.19. The maximum absolute atomic E-state index is 12.7. The van der Waals surface area contributed by atoms with E-state index in [0.29, 0.717) is 19.3 Å². The Labute approximate surface area is 375 Å². The smallest absolute Gasteiger partial charge is 0.306 e. The second-order valence-corrected chi connectivity index (χ2v) is 16.3. The molecule has 0 heterocycles. The third kappa shape index (κ3) is 47.5. The molecule has 0 aromatic rings. The van der Waals surface area contributed by atoms with Crippen molar-refractivity contribution in [1.82, 2.24) is 0 Å². The van der Waals surface area contributed by atoms with E-state index in [1.54, 1.807) is 0 Å². The van der Waals surface area contributed by atoms with E-state index in [1.165, 1.54) is 77.0 Å². The van der Waals surface area contributed by atoms with Crippen LogP contribution in [0.3, 0.4) is 0 Å². The lowest BCUT2D eigenvalue weighted by molar-refractivity contribution is -0.167. The van der Waals surface area contributed by atoms with Gasteiger partial charge in [0.2, 0.25) is 0 Å². The van der Waals surface area contributed by atoms with Gasteiger partial charge in [-0.3, -0.25) is 14.4 Å². The first-order valence-electron chi connectivity index (χ1n) is 25.1. The number of ether oxygens (including phenoxy) is 3. The van der Waals surface area contributed by atoms with E-state index in [0.717, 1.165) is 103 Å². The summed E-state index contributed by atoms with van der Waals surface area (Å²) in [5, 5.41) is 0. The van der Waals surface area contributed by atoms with Gasteiger partial charge in [-0.05, 0) is 89.9 Å². The van der Waals surface area contributed by atoms with Gasteiger partial charge in [0.25, 0.3) is 0 Å². The van der Waals surface area contributed by atoms with Gasteiger partial charge in [0.15, 0.2) is 6.10 Å². The van der Waals surface area contributed by atoms with Crippen molar-refractivity contribution in [3.05, 3.63) is 85.1 Å². The van der Waals surface area contributed by atoms with Crippen LogP contribution in [0.4, 0.5) is 0 Å². The number of unbranched alkanes of at least 4 members (excludes halogenated alkanes) is 19. The Bertz CT molecular complexity index is 1200. The number of carbonyl (C=O) groups is 3. The number of hydrogen-bond donors (Lipinski definition) is 0. The lowest BCUT2D eigenvalue weighted by atomic mass is 10.1. The van der Waals surface area contributed by atoms with Gasteiger partial charge in [-0.15, -0.1) is 0 Å². The Morgan fingerprint density at radius 2 is 0.656 bits per heavy atom. The molecule has 61 heavy (non-hydrogen) atoms. The predicted octanol–water partition coefficient (Wildman–Crippen LogP) is 16.4. The van der Waals surface area contributed by atoms with Gasteiger partial charge in [-0.25, -0.2) is 0 Å². The van der Waals surface area contributed by atoms with Crippen LogP contribution in [-0.2, 0) is 28.6 Å². The van der Waals surface area contributed by atoms with Crippen LogP contribution in [0.5, 0.6) is 0 Å². The number of hydrogen-bond acceptors (Lipinski definition) is 6. The molecular formula is C55H92O6. The first-order valence-corrected chi connectivity index (χ1v) is 25.1. The number of esters is 3. The molecule has 0 aliphatic heterocycles. The van der Waals surface area contributed by atoms with Gasteiger partial charge in [0.05, 0.1) is 0 Å². The van der Waals surface area contributed by atoms with E-state index in [2.05, 4.69) is 106 Å². The van der Waals surface area contributed by atoms with Crippen LogP contribution in [0.25, 0.3) is 0 Å². The van der Waals surface area contributed by atoms with Gasteiger partial charge in [0.1, 0.15) is 13.2 Å². The van der Waals surface area contributed by atoms with Gasteiger partial charge in [-0.1, -0.05) is 202 Å². The van der Waals surface area contributed by atoms with Crippen LogP contribution in [0.15, 0.2) is 85.1 Å². The molecule has 0 bridgehead atoms. The van der Waals surface area contributed by atoms with Gasteiger partial charge < -0.3 is 14.2 Å². The van der Waals surface area contributed by atoms with Crippen molar-refractivity contribution in [2.24, 2.45) is 0 Å². The summed E-state index contributed by atoms with van der Waals surface area (Å²) in [6.45, 7) is 6.42. The lowest BCUT2D eigenvalue weighted by Crippen LogP contribution is -2.30. The molecule has 0 aromatic carbocycles. The third-order valence-electron chi connectivity index (χ3n) is 10.4. The SMILES string of the molecule is CC/C=C\C/C=C\C/C=C\CCCCCCCC(=O)OC[C@H](COC(=O)CCC/C=C\C/C=C\C/C=C\C/C=C\CCCCC)OC(=O)CCCCCCCCCCCCC. The van der Waals surface area contributed by atoms with Crippen molar-refractivity contribution in [1.29, 1.82) is 0 Å². The largest absolute Gasteiger partial charge is 0.462 e. The van der Waals surface area contributed by atoms with Crippen molar-refractivity contribution in [2.75, 3.05) is 13.2 Å². The van der Waals surface area contributed by atoms with E-state index in [9.17, 15) is 14.4 Å². The minimum Gasteiger partial charge on any atom is -0.462 e. The maximum Gasteiger partial charge on any atom is 0.306 e. The summed E-state index contributed by atoms with van der Waals surface area (Å²) in [6, 6.07) is 0. The molecule has 0 aliphatic rings. The monoisotopic (exact) mass is 849 g/mol. The molecule has 0 radical (unpaired) electrons. The Morgan fingerprint density at radius 1 is 0.344 bits per heavy atom. The predicted molar refractivity (Wildman–Crippen MR) is 261 cm³/mol. The van der Waals surface area contributed by atoms with E-state index < -0.39 is 6.10 Å². The summed E-state index contributed by atoms with van der Waals surface area (Å²) in [7, 11) is 0. The zero-order chi connectivity index (χ0) is 44.4. The molecule has 0 unspecified atom stereocenters. The fraction of sp³-hybridized carbons (Fsp3) is 0.691. The second kappa shape index (κ2) is 49.2. The fourth-order valence-electron chi connectivity index (χ4n) is 6.62. The zero-order valence-electron chi connectivity index (χ0n) is 39.7. The molecule has 0 N–H and O–H groups in total. The van der Waals surface area contributed by atoms with Crippen LogP contribution in [0.2, 0.25) is 0 Å². The van der Waals surface area contributed by atoms with E-state index in [-0.39, 0.29) is 37.5 Å². The number of rotatable bonds is 44. The van der Waals surface area contributed by atoms with E-state index in [1.807, 2.05) is 0 Å². The molecule has 0 aliphatic carbocycles. The van der Waals surface area contributed by atoms with Crippen molar-refractivity contribution in [3.63, 3.8) is 0 Å². The van der Waals surface area contributed by atoms with E-state index >= 15 is 0 Å². The maximum atomic E-state index is 12.7. The molecule has 1 atom stereocenters. The first-order chi connectivity index (χ1) is 30.0. The molecule has 6 nitrogen and oxygen atoms in total. The van der Waals surface area contributed by atoms with E-state index in [4.69, 9.17) is 14.2 Å². The third-order valence-corrected chi connectivity index (χ3v) is 10.4. The fourth-order valence-corrected chi connectivity index (χ4v) is 6.62. The molecule has 0 rings (SSSR count). The summed E-state index contributed by atoms with van der Waals surface area (Å²) >= 11 is 0. The van der Waals surface area contributed by atoms with Crippen LogP contribution in [0, 0.1) is 0 Å². The molecule has 0 amide bonds. The van der Waals surface area contributed by atoms with Crippen LogP contribution in [0.1, 0.15) is 226 Å². The lowest BCUT2D eigenvalue weighted by Gasteiger charge is -2.18. The summed E-state index contributed by atoms with van der Waals surface area (Å²) in [6.07, 6.45) is 62.8. The minimum absolute atomic E-state index is 0.102. The summed E-state index contributed by atoms with van der Waals surface area (Å²) in [5.74, 6) is -0.978. The quantitative estimate of drug-likeness (QED) is 0.0263. The van der Waals surface area contributed by atoms with Crippen molar-refractivity contribution in [2.45, 2.75) is 232 Å². The highest BCUT2D eigenvalue weighted by molar-refractivity contribution is 5.71. The van der Waals surface area contributed by atoms with Gasteiger partial charge in [0, 0.05) is 19.3 Å². The average Bonchev–Trinajstić information content (AvgIpc) is 3.26. The molecule has 0 fully saturated rings. The zero-order valence-corrected chi connectivity index (χ0v) is 39.7. The number of carbonyl (C=O) groups excluding carboxylic acids is 3. The molecule has 0 aromatic heterocycles. The molecule has 348 valence electrons. The summed E-state index contributed by atoms with van der Waals surface area (Å²) in [5.41, 5.74) is 0. The summed E-state index contributed by atoms with van der Waals surface area (Å²) in [4.78, 5) is 37.9. The van der Waals surface area contributed by atoms with Crippen molar-refractivity contribution >= 4 is 17.9 Å². The highest BCUT2D eigenvalue weighted by Crippen LogP contribution is 2.14. The Morgan fingerprint density at radius 3 is 1.10 bits per heavy atom. The standard InChI is InChI=1S/C55H92O6/c1-4-7-10-13-16-19-22-24-26-27-29-31-34-36-39-42-45-48-54(57)60-51-52(61-55(58)49-46-43-40-37-32-21-18-15-12-9-6-3)50-59-53(56)47-44-41-38-35-33-30-28-25-23-20-17-14-11-8-5-2/h8,11,16-17,19-20,24-26,28-29,31,36,39,52H,4-7,9-10,12-15,18,21-23,27,30,32-35,37-38,40-51H2,1-3H3/b11-8-,19-16-,20-17-,26-24-,28-25-,31-29-,39-36-/t52-/m1/s1. The Kier molecular flexibility index (Phi) is 46.5. The first kappa shape index (κ1) is 57.6. The number of allylic oxidation sites excluding steroid dienone is 14. The van der Waals surface area contributed by atoms with Gasteiger partial charge >= 0.3 is 17.9 Å². The molecule has 0 spiro atoms.